The van der Waals surface area contributed by atoms with Gasteiger partial charge in [0.15, 0.2) is 6.29 Å². The Bertz CT molecular complexity index is 636. The number of nitrogens with zero attached hydrogens (tertiary/aromatic N) is 3. The highest BCUT2D eigenvalue weighted by molar-refractivity contribution is 5.85. The maximum atomic E-state index is 11.5. The van der Waals surface area contributed by atoms with E-state index >= 15 is 0 Å². The van der Waals surface area contributed by atoms with Gasteiger partial charge in [0.2, 0.25) is 0 Å². The van der Waals surface area contributed by atoms with Gasteiger partial charge in [-0.2, -0.15) is 5.10 Å². The van der Waals surface area contributed by atoms with Gasteiger partial charge in [-0.05, 0) is 31.9 Å². The number of β-amino-alcohol motifs (C(OH)–C–C–N with tert-alkyl or cyclic N) is 1. The second-order valence-corrected chi connectivity index (χ2v) is 5.43. The van der Waals surface area contributed by atoms with E-state index in [4.69, 9.17) is 0 Å². The molecule has 1 N–H and O–H groups in total. The normalized spacial score (nSPS) is 18.8. The van der Waals surface area contributed by atoms with E-state index in [9.17, 15) is 9.90 Å². The number of piperidine rings is 1. The summed E-state index contributed by atoms with van der Waals surface area (Å²) >= 11 is 0. The zero-order chi connectivity index (χ0) is 14.8. The molecule has 2 heterocycles. The molecule has 0 radical (unpaired) electrons. The lowest BCUT2D eigenvalue weighted by atomic mass is 10.1. The van der Waals surface area contributed by atoms with Crippen LogP contribution < -0.4 is 4.90 Å². The summed E-state index contributed by atoms with van der Waals surface area (Å²) in [7, 11) is 0. The van der Waals surface area contributed by atoms with Crippen LogP contribution in [0, 0.1) is 6.92 Å². The Morgan fingerprint density at radius 1 is 1.33 bits per heavy atom. The first-order chi connectivity index (χ1) is 10.2. The Morgan fingerprint density at radius 2 is 2.10 bits per heavy atom. The molecule has 21 heavy (non-hydrogen) atoms. The van der Waals surface area contributed by atoms with Crippen LogP contribution in [0.4, 0.5) is 5.82 Å². The second kappa shape index (κ2) is 5.69. The molecule has 110 valence electrons. The number of carbonyl (C=O) groups excluding carboxylic acids is 1. The van der Waals surface area contributed by atoms with Gasteiger partial charge in [-0.1, -0.05) is 18.2 Å². The number of para-hydroxylation sites is 1. The van der Waals surface area contributed by atoms with Crippen molar-refractivity contribution in [3.05, 3.63) is 41.6 Å². The molecule has 2 aromatic rings. The molecule has 0 amide bonds. The van der Waals surface area contributed by atoms with E-state index in [1.54, 1.807) is 4.68 Å². The molecule has 1 saturated heterocycles. The zero-order valence-electron chi connectivity index (χ0n) is 12.1. The van der Waals surface area contributed by atoms with Crippen molar-refractivity contribution in [2.24, 2.45) is 0 Å². The number of benzene rings is 1. The topological polar surface area (TPSA) is 58.4 Å². The Morgan fingerprint density at radius 3 is 2.76 bits per heavy atom. The maximum Gasteiger partial charge on any atom is 0.155 e. The van der Waals surface area contributed by atoms with Gasteiger partial charge >= 0.3 is 0 Å². The molecule has 0 aliphatic carbocycles. The molecule has 1 aromatic heterocycles. The minimum Gasteiger partial charge on any atom is -0.391 e. The monoisotopic (exact) mass is 285 g/mol. The third kappa shape index (κ3) is 2.56. The van der Waals surface area contributed by atoms with E-state index in [0.29, 0.717) is 17.8 Å². The Balaban J connectivity index is 2.10. The smallest absolute Gasteiger partial charge is 0.155 e. The van der Waals surface area contributed by atoms with E-state index in [-0.39, 0.29) is 6.10 Å². The standard InChI is InChI=1S/C16H19N3O2/c1-12-15(11-20)16(18-9-5-8-14(21)10-18)19(17-12)13-6-3-2-4-7-13/h2-4,6-7,11,14,21H,5,8-10H2,1H3. The highest BCUT2D eigenvalue weighted by Gasteiger charge is 2.25. The molecule has 1 aliphatic heterocycles. The summed E-state index contributed by atoms with van der Waals surface area (Å²) in [5.74, 6) is 0.785. The van der Waals surface area contributed by atoms with Gasteiger partial charge in [0.25, 0.3) is 0 Å². The predicted octanol–water partition coefficient (Wildman–Crippen LogP) is 1.95. The van der Waals surface area contributed by atoms with Gasteiger partial charge in [-0.3, -0.25) is 4.79 Å². The van der Waals surface area contributed by atoms with Crippen molar-refractivity contribution < 1.29 is 9.90 Å². The summed E-state index contributed by atoms with van der Waals surface area (Å²) in [5, 5.41) is 14.4. The first-order valence-electron chi connectivity index (χ1n) is 7.24. The van der Waals surface area contributed by atoms with E-state index < -0.39 is 0 Å². The van der Waals surface area contributed by atoms with Crippen molar-refractivity contribution in [2.75, 3.05) is 18.0 Å². The SMILES string of the molecule is Cc1nn(-c2ccccc2)c(N2CCCC(O)C2)c1C=O. The summed E-state index contributed by atoms with van der Waals surface area (Å²) < 4.78 is 1.80. The van der Waals surface area contributed by atoms with Crippen molar-refractivity contribution in [1.82, 2.24) is 9.78 Å². The van der Waals surface area contributed by atoms with Gasteiger partial charge < -0.3 is 10.0 Å². The van der Waals surface area contributed by atoms with Crippen LogP contribution in [0.25, 0.3) is 5.69 Å². The Labute approximate surface area is 123 Å². The average Bonchev–Trinajstić information content (AvgIpc) is 2.85. The molecule has 1 aromatic carbocycles. The summed E-state index contributed by atoms with van der Waals surface area (Å²) in [5.41, 5.74) is 2.24. The van der Waals surface area contributed by atoms with Crippen molar-refractivity contribution in [3.8, 4) is 5.69 Å². The van der Waals surface area contributed by atoms with Gasteiger partial charge in [-0.25, -0.2) is 4.68 Å². The highest BCUT2D eigenvalue weighted by atomic mass is 16.3. The van der Waals surface area contributed by atoms with Crippen molar-refractivity contribution in [3.63, 3.8) is 0 Å². The number of aliphatic hydroxyl groups excluding tert-OH is 1. The van der Waals surface area contributed by atoms with Crippen LogP contribution in [0.15, 0.2) is 30.3 Å². The molecule has 0 spiro atoms. The fraction of sp³-hybridized carbons (Fsp3) is 0.375. The van der Waals surface area contributed by atoms with Crippen LogP contribution in [-0.2, 0) is 0 Å². The minimum atomic E-state index is -0.349. The number of hydrogen-bond donors (Lipinski definition) is 1. The van der Waals surface area contributed by atoms with Gasteiger partial charge in [-0.15, -0.1) is 0 Å². The largest absolute Gasteiger partial charge is 0.391 e. The number of carbonyl (C=O) groups is 1. The highest BCUT2D eigenvalue weighted by Crippen LogP contribution is 2.28. The average molecular weight is 285 g/mol. The van der Waals surface area contributed by atoms with Crippen LogP contribution in [0.5, 0.6) is 0 Å². The van der Waals surface area contributed by atoms with Crippen LogP contribution >= 0.6 is 0 Å². The van der Waals surface area contributed by atoms with Gasteiger partial charge in [0.1, 0.15) is 5.82 Å². The van der Waals surface area contributed by atoms with Crippen LogP contribution in [-0.4, -0.2) is 40.4 Å². The van der Waals surface area contributed by atoms with Gasteiger partial charge in [0, 0.05) is 13.1 Å². The first-order valence-corrected chi connectivity index (χ1v) is 7.24. The van der Waals surface area contributed by atoms with Crippen LogP contribution in [0.2, 0.25) is 0 Å². The summed E-state index contributed by atoms with van der Waals surface area (Å²) in [6.07, 6.45) is 2.24. The zero-order valence-corrected chi connectivity index (χ0v) is 12.1. The molecule has 1 fully saturated rings. The molecule has 0 bridgehead atoms. The number of hydrogen-bond acceptors (Lipinski definition) is 4. The van der Waals surface area contributed by atoms with Crippen molar-refractivity contribution >= 4 is 12.1 Å². The Kier molecular flexibility index (Phi) is 3.75. The summed E-state index contributed by atoms with van der Waals surface area (Å²) in [6, 6.07) is 9.77. The van der Waals surface area contributed by atoms with E-state index in [1.165, 1.54) is 0 Å². The molecular weight excluding hydrogens is 266 g/mol. The third-order valence-corrected chi connectivity index (χ3v) is 3.90. The lowest BCUT2D eigenvalue weighted by Crippen LogP contribution is -2.39. The first kappa shape index (κ1) is 13.8. The molecule has 5 nitrogen and oxygen atoms in total. The molecule has 1 atom stereocenters. The lowest BCUT2D eigenvalue weighted by Gasteiger charge is -2.32. The van der Waals surface area contributed by atoms with Gasteiger partial charge in [0.05, 0.1) is 23.0 Å². The molecular formula is C16H19N3O2. The number of aromatic nitrogens is 2. The lowest BCUT2D eigenvalue weighted by molar-refractivity contribution is 0.112. The number of rotatable bonds is 3. The van der Waals surface area contributed by atoms with Crippen LogP contribution in [0.3, 0.4) is 0 Å². The summed E-state index contributed by atoms with van der Waals surface area (Å²) in [6.45, 7) is 3.21. The Hall–Kier alpha value is -2.14. The van der Waals surface area contributed by atoms with E-state index in [0.717, 1.165) is 37.2 Å². The third-order valence-electron chi connectivity index (χ3n) is 3.90. The van der Waals surface area contributed by atoms with Crippen LogP contribution in [0.1, 0.15) is 28.9 Å². The number of aldehydes is 1. The molecule has 1 aliphatic rings. The molecule has 0 saturated carbocycles. The fourth-order valence-corrected chi connectivity index (χ4v) is 2.87. The molecule has 3 rings (SSSR count). The van der Waals surface area contributed by atoms with Crippen molar-refractivity contribution in [1.29, 1.82) is 0 Å². The fourth-order valence-electron chi connectivity index (χ4n) is 2.87. The molecule has 5 heteroatoms. The van der Waals surface area contributed by atoms with E-state index in [2.05, 4.69) is 10.00 Å². The summed E-state index contributed by atoms with van der Waals surface area (Å²) in [4.78, 5) is 13.5. The number of aryl methyl sites for hydroxylation is 1. The van der Waals surface area contributed by atoms with Crippen molar-refractivity contribution in [2.45, 2.75) is 25.9 Å². The predicted molar refractivity (Wildman–Crippen MR) is 81.1 cm³/mol. The number of anilines is 1. The number of aliphatic hydroxyl groups is 1. The minimum absolute atomic E-state index is 0.349. The van der Waals surface area contributed by atoms with E-state index in [1.807, 2.05) is 37.3 Å². The second-order valence-electron chi connectivity index (χ2n) is 5.43. The quantitative estimate of drug-likeness (QED) is 0.876. The molecule has 1 unspecified atom stereocenters. The maximum absolute atomic E-state index is 11.5.